The Morgan fingerprint density at radius 3 is 2.26 bits per heavy atom. The molecular weight excluding hydrogens is 242 g/mol. The second-order valence-corrected chi connectivity index (χ2v) is 6.36. The average molecular weight is 267 g/mol. The molecule has 0 saturated heterocycles. The van der Waals surface area contributed by atoms with Crippen LogP contribution in [0.3, 0.4) is 0 Å². The summed E-state index contributed by atoms with van der Waals surface area (Å²) >= 11 is 0. The summed E-state index contributed by atoms with van der Waals surface area (Å²) in [4.78, 5) is 23.7. The summed E-state index contributed by atoms with van der Waals surface area (Å²) in [5.74, 6) is -0.599. The van der Waals surface area contributed by atoms with Gasteiger partial charge in [-0.05, 0) is 32.6 Å². The lowest BCUT2D eigenvalue weighted by molar-refractivity contribution is -0.149. The number of hydrogen-bond donors (Lipinski definition) is 2. The second kappa shape index (κ2) is 5.93. The molecule has 2 saturated carbocycles. The van der Waals surface area contributed by atoms with E-state index in [0.717, 1.165) is 38.5 Å². The first-order valence-corrected chi connectivity index (χ1v) is 7.58. The molecule has 2 aliphatic carbocycles. The van der Waals surface area contributed by atoms with Crippen molar-refractivity contribution in [3.8, 4) is 0 Å². The first-order valence-electron chi connectivity index (χ1n) is 7.58. The van der Waals surface area contributed by atoms with Gasteiger partial charge < -0.3 is 10.4 Å². The lowest BCUT2D eigenvalue weighted by Crippen LogP contribution is -2.48. The zero-order chi connectivity index (χ0) is 13.9. The Balaban J connectivity index is 1.96. The Labute approximate surface area is 115 Å². The number of carbonyl (C=O) groups excluding carboxylic acids is 1. The van der Waals surface area contributed by atoms with Crippen molar-refractivity contribution in [2.45, 2.75) is 70.8 Å². The molecule has 0 radical (unpaired) electrons. The van der Waals surface area contributed by atoms with Gasteiger partial charge in [-0.15, -0.1) is 0 Å². The Morgan fingerprint density at radius 2 is 1.68 bits per heavy atom. The maximum absolute atomic E-state index is 12.3. The number of aliphatic carboxylic acids is 1. The monoisotopic (exact) mass is 267 g/mol. The van der Waals surface area contributed by atoms with Crippen LogP contribution in [0, 0.1) is 11.3 Å². The van der Waals surface area contributed by atoms with E-state index in [-0.39, 0.29) is 17.9 Å². The fourth-order valence-electron chi connectivity index (χ4n) is 3.48. The van der Waals surface area contributed by atoms with Gasteiger partial charge in [0.2, 0.25) is 5.91 Å². The third-order valence-corrected chi connectivity index (χ3v) is 4.99. The molecule has 0 aromatic rings. The van der Waals surface area contributed by atoms with Gasteiger partial charge in [0.15, 0.2) is 0 Å². The highest BCUT2D eigenvalue weighted by atomic mass is 16.4. The van der Waals surface area contributed by atoms with Gasteiger partial charge >= 0.3 is 5.97 Å². The Morgan fingerprint density at radius 1 is 1.05 bits per heavy atom. The number of hydrogen-bond acceptors (Lipinski definition) is 2. The van der Waals surface area contributed by atoms with Crippen LogP contribution in [0.2, 0.25) is 0 Å². The number of carboxylic acid groups (broad SMARTS) is 1. The molecule has 19 heavy (non-hydrogen) atoms. The van der Waals surface area contributed by atoms with Crippen molar-refractivity contribution in [1.82, 2.24) is 5.32 Å². The number of amides is 1. The Hall–Kier alpha value is -1.06. The van der Waals surface area contributed by atoms with Crippen LogP contribution in [-0.4, -0.2) is 23.0 Å². The summed E-state index contributed by atoms with van der Waals surface area (Å²) in [6.07, 6.45) is 8.96. The molecule has 4 nitrogen and oxygen atoms in total. The van der Waals surface area contributed by atoms with Gasteiger partial charge in [0, 0.05) is 12.0 Å². The van der Waals surface area contributed by atoms with E-state index in [1.165, 1.54) is 12.8 Å². The fourth-order valence-corrected chi connectivity index (χ4v) is 3.48. The molecular formula is C15H25NO3. The molecule has 2 unspecified atom stereocenters. The van der Waals surface area contributed by atoms with Crippen LogP contribution in [0.25, 0.3) is 0 Å². The molecule has 0 bridgehead atoms. The molecule has 0 aromatic heterocycles. The van der Waals surface area contributed by atoms with Gasteiger partial charge in [-0.2, -0.15) is 0 Å². The summed E-state index contributed by atoms with van der Waals surface area (Å²) < 4.78 is 0. The van der Waals surface area contributed by atoms with E-state index in [0.29, 0.717) is 6.42 Å². The van der Waals surface area contributed by atoms with E-state index in [9.17, 15) is 14.7 Å². The van der Waals surface area contributed by atoms with Crippen LogP contribution >= 0.6 is 0 Å². The molecule has 1 amide bonds. The molecule has 0 aliphatic heterocycles. The topological polar surface area (TPSA) is 66.4 Å². The van der Waals surface area contributed by atoms with E-state index in [4.69, 9.17) is 0 Å². The summed E-state index contributed by atoms with van der Waals surface area (Å²) in [7, 11) is 0. The SMILES string of the molecule is CC1(C(=O)O)CCCC1NC(=O)C1CCCCCC1. The van der Waals surface area contributed by atoms with Gasteiger partial charge in [0.05, 0.1) is 5.41 Å². The first-order chi connectivity index (χ1) is 9.04. The van der Waals surface area contributed by atoms with E-state index in [2.05, 4.69) is 5.32 Å². The standard InChI is InChI=1S/C15H25NO3/c1-15(14(18)19)10-6-9-12(15)16-13(17)11-7-4-2-3-5-8-11/h11-12H,2-10H2,1H3,(H,16,17)(H,18,19). The third-order valence-electron chi connectivity index (χ3n) is 4.99. The molecule has 2 N–H and O–H groups in total. The lowest BCUT2D eigenvalue weighted by Gasteiger charge is -2.29. The molecule has 2 fully saturated rings. The summed E-state index contributed by atoms with van der Waals surface area (Å²) in [6, 6.07) is -0.194. The van der Waals surface area contributed by atoms with Crippen molar-refractivity contribution in [2.75, 3.05) is 0 Å². The van der Waals surface area contributed by atoms with Crippen molar-refractivity contribution in [2.24, 2.45) is 11.3 Å². The largest absolute Gasteiger partial charge is 0.481 e. The second-order valence-electron chi connectivity index (χ2n) is 6.36. The van der Waals surface area contributed by atoms with Crippen LogP contribution in [-0.2, 0) is 9.59 Å². The van der Waals surface area contributed by atoms with Gasteiger partial charge in [-0.25, -0.2) is 0 Å². The molecule has 2 rings (SSSR count). The third kappa shape index (κ3) is 3.10. The highest BCUT2D eigenvalue weighted by molar-refractivity contribution is 5.81. The van der Waals surface area contributed by atoms with Crippen molar-refractivity contribution in [3.63, 3.8) is 0 Å². The van der Waals surface area contributed by atoms with Crippen LogP contribution in [0.4, 0.5) is 0 Å². The minimum atomic E-state index is -0.781. The van der Waals surface area contributed by atoms with E-state index in [1.807, 2.05) is 0 Å². The minimum Gasteiger partial charge on any atom is -0.481 e. The number of nitrogens with one attached hydrogen (secondary N) is 1. The number of carboxylic acids is 1. The van der Waals surface area contributed by atoms with Gasteiger partial charge in [0.1, 0.15) is 0 Å². The molecule has 0 aromatic carbocycles. The van der Waals surface area contributed by atoms with Crippen molar-refractivity contribution >= 4 is 11.9 Å². The van der Waals surface area contributed by atoms with Crippen LogP contribution in [0.1, 0.15) is 64.7 Å². The lowest BCUT2D eigenvalue weighted by atomic mass is 9.84. The summed E-state index contributed by atoms with van der Waals surface area (Å²) in [5, 5.41) is 12.4. The maximum Gasteiger partial charge on any atom is 0.311 e. The summed E-state index contributed by atoms with van der Waals surface area (Å²) in [5.41, 5.74) is -0.777. The van der Waals surface area contributed by atoms with E-state index >= 15 is 0 Å². The van der Waals surface area contributed by atoms with Crippen LogP contribution < -0.4 is 5.32 Å². The van der Waals surface area contributed by atoms with Crippen LogP contribution in [0.15, 0.2) is 0 Å². The van der Waals surface area contributed by atoms with Gasteiger partial charge in [-0.3, -0.25) is 9.59 Å². The number of rotatable bonds is 3. The van der Waals surface area contributed by atoms with Gasteiger partial charge in [-0.1, -0.05) is 32.1 Å². The maximum atomic E-state index is 12.3. The Bertz CT molecular complexity index is 347. The van der Waals surface area contributed by atoms with Crippen molar-refractivity contribution < 1.29 is 14.7 Å². The molecule has 0 spiro atoms. The highest BCUT2D eigenvalue weighted by Gasteiger charge is 2.46. The molecule has 4 heteroatoms. The predicted octanol–water partition coefficient (Wildman–Crippen LogP) is 2.72. The quantitative estimate of drug-likeness (QED) is 0.773. The highest BCUT2D eigenvalue weighted by Crippen LogP contribution is 2.38. The normalized spacial score (nSPS) is 32.8. The zero-order valence-electron chi connectivity index (χ0n) is 11.8. The van der Waals surface area contributed by atoms with Crippen molar-refractivity contribution in [1.29, 1.82) is 0 Å². The fraction of sp³-hybridized carbons (Fsp3) is 0.867. The van der Waals surface area contributed by atoms with E-state index < -0.39 is 11.4 Å². The molecule has 2 aliphatic rings. The smallest absolute Gasteiger partial charge is 0.311 e. The average Bonchev–Trinajstić information content (AvgIpc) is 2.61. The van der Waals surface area contributed by atoms with Gasteiger partial charge in [0.25, 0.3) is 0 Å². The van der Waals surface area contributed by atoms with E-state index in [1.54, 1.807) is 6.92 Å². The summed E-state index contributed by atoms with van der Waals surface area (Å²) in [6.45, 7) is 1.76. The number of carbonyl (C=O) groups is 2. The molecule has 108 valence electrons. The Kier molecular flexibility index (Phi) is 4.48. The predicted molar refractivity (Wildman–Crippen MR) is 72.7 cm³/mol. The van der Waals surface area contributed by atoms with Crippen molar-refractivity contribution in [3.05, 3.63) is 0 Å². The molecule has 2 atom stereocenters. The first kappa shape index (κ1) is 14.4. The van der Waals surface area contributed by atoms with Crippen LogP contribution in [0.5, 0.6) is 0 Å². The zero-order valence-corrected chi connectivity index (χ0v) is 11.8. The molecule has 0 heterocycles. The minimum absolute atomic E-state index is 0.0845.